The number of likely N-dealkylation sites (tertiary alicyclic amines) is 1. The Morgan fingerprint density at radius 2 is 1.95 bits per heavy atom. The lowest BCUT2D eigenvalue weighted by Crippen LogP contribution is -2.51. The van der Waals surface area contributed by atoms with Crippen LogP contribution in [-0.2, 0) is 9.53 Å². The van der Waals surface area contributed by atoms with Gasteiger partial charge in [-0.3, -0.25) is 0 Å². The van der Waals surface area contributed by atoms with Gasteiger partial charge in [-0.2, -0.15) is 0 Å². The summed E-state index contributed by atoms with van der Waals surface area (Å²) in [5.74, 6) is -1.06. The van der Waals surface area contributed by atoms with Gasteiger partial charge < -0.3 is 24.7 Å². The highest BCUT2D eigenvalue weighted by molar-refractivity contribution is 5.83. The molecule has 2 N–H and O–H groups in total. The molecule has 0 radical (unpaired) electrons. The molecule has 0 bridgehead atoms. The van der Waals surface area contributed by atoms with Crippen molar-refractivity contribution in [2.75, 3.05) is 26.8 Å². The largest absolute Gasteiger partial charge is 0.480 e. The Balaban J connectivity index is 2.02. The number of β-amino-alcohol motifs (C(OH)–C–C–N with tert-alkyl or cyclic N) is 1. The Hall–Kier alpha value is -1.34. The Morgan fingerprint density at radius 1 is 1.32 bits per heavy atom. The smallest absolute Gasteiger partial charge is 0.326 e. The van der Waals surface area contributed by atoms with Gasteiger partial charge in [-0.15, -0.1) is 0 Å². The second-order valence-electron chi connectivity index (χ2n) is 5.13. The first-order chi connectivity index (χ1) is 9.00. The van der Waals surface area contributed by atoms with Crippen LogP contribution in [0.1, 0.15) is 19.3 Å². The van der Waals surface area contributed by atoms with Crippen LogP contribution in [0.15, 0.2) is 0 Å². The van der Waals surface area contributed by atoms with Gasteiger partial charge >= 0.3 is 12.0 Å². The molecule has 2 aliphatic heterocycles. The number of ether oxygens (including phenoxy) is 1. The van der Waals surface area contributed by atoms with E-state index in [1.165, 1.54) is 4.90 Å². The first kappa shape index (κ1) is 14.1. The SMILES string of the molecule is CN(C(=O)N1C[C@H](O)C[C@@H]1C(=O)O)C1CCOCC1. The van der Waals surface area contributed by atoms with E-state index in [4.69, 9.17) is 9.84 Å². The van der Waals surface area contributed by atoms with E-state index >= 15 is 0 Å². The molecule has 0 aromatic heterocycles. The maximum absolute atomic E-state index is 12.3. The van der Waals surface area contributed by atoms with Gasteiger partial charge in [0.05, 0.1) is 6.10 Å². The summed E-state index contributed by atoms with van der Waals surface area (Å²) < 4.78 is 5.25. The van der Waals surface area contributed by atoms with Crippen LogP contribution in [0.3, 0.4) is 0 Å². The zero-order chi connectivity index (χ0) is 14.0. The molecule has 2 aliphatic rings. The first-order valence-corrected chi connectivity index (χ1v) is 6.52. The fourth-order valence-electron chi connectivity index (χ4n) is 2.69. The highest BCUT2D eigenvalue weighted by Crippen LogP contribution is 2.22. The van der Waals surface area contributed by atoms with Crippen LogP contribution in [0.5, 0.6) is 0 Å². The number of aliphatic carboxylic acids is 1. The summed E-state index contributed by atoms with van der Waals surface area (Å²) in [6.45, 7) is 1.32. The van der Waals surface area contributed by atoms with Crippen molar-refractivity contribution < 1.29 is 24.5 Å². The van der Waals surface area contributed by atoms with Crippen LogP contribution in [0.25, 0.3) is 0 Å². The van der Waals surface area contributed by atoms with Gasteiger partial charge in [0.15, 0.2) is 0 Å². The van der Waals surface area contributed by atoms with Crippen molar-refractivity contribution in [3.63, 3.8) is 0 Å². The summed E-state index contributed by atoms with van der Waals surface area (Å²) in [6, 6.07) is -1.17. The third-order valence-electron chi connectivity index (χ3n) is 3.85. The number of hydrogen-bond donors (Lipinski definition) is 2. The van der Waals surface area contributed by atoms with E-state index in [1.54, 1.807) is 11.9 Å². The number of aliphatic hydroxyl groups excluding tert-OH is 1. The third kappa shape index (κ3) is 2.98. The lowest BCUT2D eigenvalue weighted by molar-refractivity contribution is -0.141. The molecule has 0 aromatic carbocycles. The minimum absolute atomic E-state index is 0.0773. The molecule has 2 heterocycles. The molecule has 108 valence electrons. The Morgan fingerprint density at radius 3 is 2.53 bits per heavy atom. The zero-order valence-corrected chi connectivity index (χ0v) is 11.0. The van der Waals surface area contributed by atoms with Crippen molar-refractivity contribution in [3.05, 3.63) is 0 Å². The van der Waals surface area contributed by atoms with Crippen molar-refractivity contribution in [2.24, 2.45) is 0 Å². The molecule has 0 saturated carbocycles. The molecule has 2 amide bonds. The molecule has 2 fully saturated rings. The predicted molar refractivity (Wildman–Crippen MR) is 65.8 cm³/mol. The van der Waals surface area contributed by atoms with Crippen molar-refractivity contribution in [2.45, 2.75) is 37.5 Å². The van der Waals surface area contributed by atoms with Crippen molar-refractivity contribution in [1.29, 1.82) is 0 Å². The van der Waals surface area contributed by atoms with Crippen LogP contribution >= 0.6 is 0 Å². The maximum Gasteiger partial charge on any atom is 0.326 e. The number of rotatable bonds is 2. The first-order valence-electron chi connectivity index (χ1n) is 6.52. The van der Waals surface area contributed by atoms with Crippen molar-refractivity contribution in [3.8, 4) is 0 Å². The number of carboxylic acid groups (broad SMARTS) is 1. The number of urea groups is 1. The minimum Gasteiger partial charge on any atom is -0.480 e. The van der Waals surface area contributed by atoms with Crippen LogP contribution < -0.4 is 0 Å². The predicted octanol–water partition coefficient (Wildman–Crippen LogP) is -0.263. The lowest BCUT2D eigenvalue weighted by atomic mass is 10.1. The van der Waals surface area contributed by atoms with E-state index in [-0.39, 0.29) is 25.0 Å². The van der Waals surface area contributed by atoms with Gasteiger partial charge in [-0.1, -0.05) is 0 Å². The van der Waals surface area contributed by atoms with Crippen LogP contribution in [0, 0.1) is 0 Å². The van der Waals surface area contributed by atoms with E-state index in [9.17, 15) is 14.7 Å². The maximum atomic E-state index is 12.3. The Labute approximate surface area is 111 Å². The standard InChI is InChI=1S/C12H20N2O5/c1-13(8-2-4-19-5-3-8)12(18)14-7-9(15)6-10(14)11(16)17/h8-10,15H,2-7H2,1H3,(H,16,17)/t9-,10-/m1/s1. The molecule has 2 atom stereocenters. The zero-order valence-electron chi connectivity index (χ0n) is 11.0. The van der Waals surface area contributed by atoms with Gasteiger partial charge in [-0.25, -0.2) is 9.59 Å². The second-order valence-corrected chi connectivity index (χ2v) is 5.13. The fraction of sp³-hybridized carbons (Fsp3) is 0.833. The minimum atomic E-state index is -1.06. The van der Waals surface area contributed by atoms with Gasteiger partial charge in [-0.05, 0) is 12.8 Å². The van der Waals surface area contributed by atoms with E-state index in [0.717, 1.165) is 12.8 Å². The molecule has 2 saturated heterocycles. The lowest BCUT2D eigenvalue weighted by Gasteiger charge is -2.35. The number of carboxylic acids is 1. The number of carbonyl (C=O) groups excluding carboxylic acids is 1. The third-order valence-corrected chi connectivity index (χ3v) is 3.85. The van der Waals surface area contributed by atoms with Gasteiger partial charge in [0, 0.05) is 39.3 Å². The van der Waals surface area contributed by atoms with E-state index < -0.39 is 18.1 Å². The highest BCUT2D eigenvalue weighted by Gasteiger charge is 2.41. The number of carbonyl (C=O) groups is 2. The second kappa shape index (κ2) is 5.75. The molecule has 7 heteroatoms. The fourth-order valence-corrected chi connectivity index (χ4v) is 2.69. The van der Waals surface area contributed by atoms with E-state index in [1.807, 2.05) is 0 Å². The molecule has 19 heavy (non-hydrogen) atoms. The monoisotopic (exact) mass is 272 g/mol. The number of hydrogen-bond acceptors (Lipinski definition) is 4. The van der Waals surface area contributed by atoms with Crippen LogP contribution in [0.2, 0.25) is 0 Å². The number of nitrogens with zero attached hydrogens (tertiary/aromatic N) is 2. The average Bonchev–Trinajstić information content (AvgIpc) is 2.80. The summed E-state index contributed by atoms with van der Waals surface area (Å²) in [4.78, 5) is 26.3. The van der Waals surface area contributed by atoms with Gasteiger partial charge in [0.2, 0.25) is 0 Å². The summed E-state index contributed by atoms with van der Waals surface area (Å²) in [5, 5.41) is 18.7. The highest BCUT2D eigenvalue weighted by atomic mass is 16.5. The molecule has 0 aliphatic carbocycles. The van der Waals surface area contributed by atoms with Gasteiger partial charge in [0.25, 0.3) is 0 Å². The number of aliphatic hydroxyl groups is 1. The Bertz CT molecular complexity index is 356. The summed E-state index contributed by atoms with van der Waals surface area (Å²) in [5.41, 5.74) is 0. The van der Waals surface area contributed by atoms with E-state index in [0.29, 0.717) is 13.2 Å². The normalized spacial score (nSPS) is 28.4. The molecular formula is C12H20N2O5. The molecule has 2 rings (SSSR count). The average molecular weight is 272 g/mol. The summed E-state index contributed by atoms with van der Waals surface area (Å²) in [7, 11) is 1.68. The molecule has 0 unspecified atom stereocenters. The van der Waals surface area contributed by atoms with Crippen LogP contribution in [0.4, 0.5) is 4.79 Å². The molecule has 0 aromatic rings. The number of amides is 2. The van der Waals surface area contributed by atoms with E-state index in [2.05, 4.69) is 0 Å². The summed E-state index contributed by atoms with van der Waals surface area (Å²) in [6.07, 6.45) is 0.864. The molecule has 0 spiro atoms. The molecule has 7 nitrogen and oxygen atoms in total. The van der Waals surface area contributed by atoms with Crippen LogP contribution in [-0.4, -0.2) is 77.0 Å². The Kier molecular flexibility index (Phi) is 4.26. The van der Waals surface area contributed by atoms with Gasteiger partial charge in [0.1, 0.15) is 6.04 Å². The quantitative estimate of drug-likeness (QED) is 0.722. The molecular weight excluding hydrogens is 252 g/mol. The van der Waals surface area contributed by atoms with Crippen molar-refractivity contribution >= 4 is 12.0 Å². The summed E-state index contributed by atoms with van der Waals surface area (Å²) >= 11 is 0. The van der Waals surface area contributed by atoms with Crippen molar-refractivity contribution in [1.82, 2.24) is 9.80 Å². The topological polar surface area (TPSA) is 90.3 Å².